The summed E-state index contributed by atoms with van der Waals surface area (Å²) in [4.78, 5) is 12.1. The maximum atomic E-state index is 12.1. The highest BCUT2D eigenvalue weighted by molar-refractivity contribution is 6.07. The molecule has 4 nitrogen and oxygen atoms in total. The van der Waals surface area contributed by atoms with Gasteiger partial charge < -0.3 is 15.2 Å². The summed E-state index contributed by atoms with van der Waals surface area (Å²) in [6.45, 7) is 0. The second kappa shape index (κ2) is 6.61. The Kier molecular flexibility index (Phi) is 4.61. The van der Waals surface area contributed by atoms with E-state index in [1.807, 2.05) is 6.07 Å². The Morgan fingerprint density at radius 3 is 2.38 bits per heavy atom. The minimum Gasteiger partial charge on any atom is -0.497 e. The van der Waals surface area contributed by atoms with Crippen LogP contribution in [-0.2, 0) is 0 Å². The highest BCUT2D eigenvalue weighted by Crippen LogP contribution is 2.25. The van der Waals surface area contributed by atoms with Crippen molar-refractivity contribution in [3.63, 3.8) is 0 Å². The van der Waals surface area contributed by atoms with Crippen LogP contribution in [0.2, 0.25) is 0 Å². The number of ether oxygens (including phenoxy) is 2. The number of hydrogen-bond acceptors (Lipinski definition) is 4. The topological polar surface area (TPSA) is 61.5 Å². The number of ketones is 1. The molecule has 0 aromatic heterocycles. The molecule has 2 aromatic carbocycles. The van der Waals surface area contributed by atoms with Crippen LogP contribution >= 0.6 is 0 Å². The van der Waals surface area contributed by atoms with Crippen LogP contribution in [0.25, 0.3) is 6.08 Å². The molecular weight excluding hydrogens is 266 g/mol. The molecule has 4 heteroatoms. The van der Waals surface area contributed by atoms with Crippen LogP contribution < -0.4 is 15.2 Å². The van der Waals surface area contributed by atoms with Gasteiger partial charge in [-0.05, 0) is 54.6 Å². The number of benzene rings is 2. The molecule has 0 fully saturated rings. The van der Waals surface area contributed by atoms with Crippen LogP contribution in [-0.4, -0.2) is 20.0 Å². The van der Waals surface area contributed by atoms with Crippen LogP contribution in [0.4, 0.5) is 5.69 Å². The largest absolute Gasteiger partial charge is 0.497 e. The maximum absolute atomic E-state index is 12.1. The van der Waals surface area contributed by atoms with E-state index in [1.165, 1.54) is 6.08 Å². The van der Waals surface area contributed by atoms with Gasteiger partial charge in [0.25, 0.3) is 0 Å². The van der Waals surface area contributed by atoms with Crippen LogP contribution in [0, 0.1) is 0 Å². The predicted molar refractivity (Wildman–Crippen MR) is 83.8 cm³/mol. The fourth-order valence-electron chi connectivity index (χ4n) is 1.88. The van der Waals surface area contributed by atoms with Gasteiger partial charge in [0.2, 0.25) is 0 Å². The smallest absolute Gasteiger partial charge is 0.185 e. The van der Waals surface area contributed by atoms with Gasteiger partial charge in [-0.3, -0.25) is 4.79 Å². The number of hydrogen-bond donors (Lipinski definition) is 1. The molecule has 0 unspecified atom stereocenters. The van der Waals surface area contributed by atoms with Gasteiger partial charge in [0.1, 0.15) is 11.5 Å². The molecule has 0 heterocycles. The summed E-state index contributed by atoms with van der Waals surface area (Å²) in [6.07, 6.45) is 3.21. The van der Waals surface area contributed by atoms with Gasteiger partial charge in [-0.15, -0.1) is 0 Å². The molecule has 2 aromatic rings. The third kappa shape index (κ3) is 3.63. The molecular formula is C17H17NO3. The van der Waals surface area contributed by atoms with E-state index >= 15 is 0 Å². The van der Waals surface area contributed by atoms with E-state index < -0.39 is 0 Å². The highest BCUT2D eigenvalue weighted by Gasteiger charge is 2.04. The van der Waals surface area contributed by atoms with Gasteiger partial charge in [-0.1, -0.05) is 0 Å². The van der Waals surface area contributed by atoms with Crippen LogP contribution in [0.15, 0.2) is 48.5 Å². The average Bonchev–Trinajstić information content (AvgIpc) is 2.52. The number of methoxy groups -OCH3 is 2. The fourth-order valence-corrected chi connectivity index (χ4v) is 1.88. The molecule has 0 amide bonds. The molecule has 0 saturated carbocycles. The summed E-state index contributed by atoms with van der Waals surface area (Å²) < 4.78 is 10.4. The molecule has 2 rings (SSSR count). The number of anilines is 1. The standard InChI is InChI=1S/C17H17NO3/c1-20-15-8-10-17(21-2)13(11-15)5-9-16(19)12-3-6-14(18)7-4-12/h3-11H,18H2,1-2H3. The third-order valence-electron chi connectivity index (χ3n) is 3.05. The van der Waals surface area contributed by atoms with Gasteiger partial charge in [0.05, 0.1) is 14.2 Å². The van der Waals surface area contributed by atoms with E-state index in [0.717, 1.165) is 5.56 Å². The molecule has 0 spiro atoms. The molecule has 0 saturated heterocycles. The number of nitrogen functional groups attached to an aromatic ring is 1. The Hall–Kier alpha value is -2.75. The van der Waals surface area contributed by atoms with Gasteiger partial charge in [-0.2, -0.15) is 0 Å². The van der Waals surface area contributed by atoms with Gasteiger partial charge in [0, 0.05) is 16.8 Å². The summed E-state index contributed by atoms with van der Waals surface area (Å²) >= 11 is 0. The van der Waals surface area contributed by atoms with E-state index in [0.29, 0.717) is 22.7 Å². The molecule has 108 valence electrons. The summed E-state index contributed by atoms with van der Waals surface area (Å²) in [6, 6.07) is 12.2. The first-order chi connectivity index (χ1) is 10.1. The van der Waals surface area contributed by atoms with Gasteiger partial charge in [-0.25, -0.2) is 0 Å². The van der Waals surface area contributed by atoms with Crippen molar-refractivity contribution in [1.82, 2.24) is 0 Å². The molecule has 0 aliphatic heterocycles. The SMILES string of the molecule is COc1ccc(OC)c(C=CC(=O)c2ccc(N)cc2)c1. The normalized spacial score (nSPS) is 10.6. The zero-order chi connectivity index (χ0) is 15.2. The van der Waals surface area contributed by atoms with Crippen molar-refractivity contribution in [3.8, 4) is 11.5 Å². The summed E-state index contributed by atoms with van der Waals surface area (Å²) in [5, 5.41) is 0. The van der Waals surface area contributed by atoms with Crippen molar-refractivity contribution in [3.05, 3.63) is 59.7 Å². The zero-order valence-corrected chi connectivity index (χ0v) is 12.0. The second-order valence-electron chi connectivity index (χ2n) is 4.43. The molecule has 0 aliphatic rings. The number of allylic oxidation sites excluding steroid dienone is 1. The highest BCUT2D eigenvalue weighted by atomic mass is 16.5. The van der Waals surface area contributed by atoms with Crippen LogP contribution in [0.5, 0.6) is 11.5 Å². The van der Waals surface area contributed by atoms with E-state index in [-0.39, 0.29) is 5.78 Å². The van der Waals surface area contributed by atoms with Crippen molar-refractivity contribution in [2.75, 3.05) is 20.0 Å². The first-order valence-corrected chi connectivity index (χ1v) is 6.44. The lowest BCUT2D eigenvalue weighted by atomic mass is 10.1. The molecule has 21 heavy (non-hydrogen) atoms. The molecule has 2 N–H and O–H groups in total. The first-order valence-electron chi connectivity index (χ1n) is 6.44. The van der Waals surface area contributed by atoms with Crippen molar-refractivity contribution in [1.29, 1.82) is 0 Å². The lowest BCUT2D eigenvalue weighted by Crippen LogP contribution is -1.95. The molecule has 0 atom stereocenters. The van der Waals surface area contributed by atoms with Crippen molar-refractivity contribution in [2.45, 2.75) is 0 Å². The number of carbonyl (C=O) groups excluding carboxylic acids is 1. The number of nitrogens with two attached hydrogens (primary N) is 1. The lowest BCUT2D eigenvalue weighted by Gasteiger charge is -2.07. The molecule has 0 bridgehead atoms. The van der Waals surface area contributed by atoms with Crippen molar-refractivity contribution < 1.29 is 14.3 Å². The van der Waals surface area contributed by atoms with Gasteiger partial charge in [0.15, 0.2) is 5.78 Å². The third-order valence-corrected chi connectivity index (χ3v) is 3.05. The Labute approximate surface area is 123 Å². The summed E-state index contributed by atoms with van der Waals surface area (Å²) in [5.74, 6) is 1.28. The maximum Gasteiger partial charge on any atom is 0.185 e. The Bertz CT molecular complexity index is 660. The summed E-state index contributed by atoms with van der Waals surface area (Å²) in [5.41, 5.74) is 7.60. The Morgan fingerprint density at radius 1 is 1.05 bits per heavy atom. The van der Waals surface area contributed by atoms with Crippen LogP contribution in [0.3, 0.4) is 0 Å². The molecule has 0 radical (unpaired) electrons. The van der Waals surface area contributed by atoms with E-state index in [4.69, 9.17) is 15.2 Å². The van der Waals surface area contributed by atoms with Crippen LogP contribution in [0.1, 0.15) is 15.9 Å². The first kappa shape index (κ1) is 14.7. The van der Waals surface area contributed by atoms with Gasteiger partial charge >= 0.3 is 0 Å². The summed E-state index contributed by atoms with van der Waals surface area (Å²) in [7, 11) is 3.18. The van der Waals surface area contributed by atoms with Crippen molar-refractivity contribution >= 4 is 17.5 Å². The van der Waals surface area contributed by atoms with E-state index in [9.17, 15) is 4.79 Å². The average molecular weight is 283 g/mol. The van der Waals surface area contributed by atoms with Crippen molar-refractivity contribution in [2.24, 2.45) is 0 Å². The zero-order valence-electron chi connectivity index (χ0n) is 12.0. The monoisotopic (exact) mass is 283 g/mol. The number of rotatable bonds is 5. The minimum atomic E-state index is -0.0973. The minimum absolute atomic E-state index is 0.0973. The predicted octanol–water partition coefficient (Wildman–Crippen LogP) is 3.18. The lowest BCUT2D eigenvalue weighted by molar-refractivity contribution is 0.104. The quantitative estimate of drug-likeness (QED) is 0.520. The Morgan fingerprint density at radius 2 is 1.76 bits per heavy atom. The molecule has 0 aliphatic carbocycles. The van der Waals surface area contributed by atoms with E-state index in [1.54, 1.807) is 56.7 Å². The second-order valence-corrected chi connectivity index (χ2v) is 4.43. The fraction of sp³-hybridized carbons (Fsp3) is 0.118. The number of carbonyl (C=O) groups is 1. The van der Waals surface area contributed by atoms with E-state index in [2.05, 4.69) is 0 Å². The Balaban J connectivity index is 2.24.